The molecule has 0 aromatic heterocycles. The van der Waals surface area contributed by atoms with Crippen LogP contribution in [0.4, 0.5) is 5.69 Å². The van der Waals surface area contributed by atoms with E-state index in [1.165, 1.54) is 0 Å². The number of ether oxygens (including phenoxy) is 1. The fraction of sp³-hybridized carbons (Fsp3) is 0.600. The third kappa shape index (κ3) is 6.31. The number of halogens is 2. The summed E-state index contributed by atoms with van der Waals surface area (Å²) >= 11 is 12.0. The van der Waals surface area contributed by atoms with Crippen molar-refractivity contribution in [3.63, 3.8) is 0 Å². The maximum absolute atomic E-state index is 9.89. The lowest BCUT2D eigenvalue weighted by Gasteiger charge is -2.19. The highest BCUT2D eigenvalue weighted by atomic mass is 35.5. The molecular weight excluding hydrogens is 297 g/mol. The van der Waals surface area contributed by atoms with Gasteiger partial charge in [-0.15, -0.1) is 0 Å². The molecule has 114 valence electrons. The molecule has 1 aromatic carbocycles. The summed E-state index contributed by atoms with van der Waals surface area (Å²) in [7, 11) is 0. The normalized spacial score (nSPS) is 14.3. The fourth-order valence-corrected chi connectivity index (χ4v) is 2.30. The third-order valence-corrected chi connectivity index (χ3v) is 3.68. The van der Waals surface area contributed by atoms with E-state index in [1.54, 1.807) is 6.07 Å². The first-order chi connectivity index (χ1) is 9.40. The van der Waals surface area contributed by atoms with Crippen LogP contribution in [0.2, 0.25) is 10.0 Å². The Morgan fingerprint density at radius 1 is 1.25 bits per heavy atom. The SMILES string of the molecule is CC(C)CC(C)OCC(O)CNc1cccc(Cl)c1Cl. The highest BCUT2D eigenvalue weighted by Gasteiger charge is 2.11. The number of hydrogen-bond donors (Lipinski definition) is 2. The molecule has 2 N–H and O–H groups in total. The quantitative estimate of drug-likeness (QED) is 0.753. The van der Waals surface area contributed by atoms with E-state index < -0.39 is 6.10 Å². The number of nitrogens with one attached hydrogen (secondary N) is 1. The van der Waals surface area contributed by atoms with Crippen molar-refractivity contribution in [2.24, 2.45) is 5.92 Å². The van der Waals surface area contributed by atoms with E-state index >= 15 is 0 Å². The molecule has 2 atom stereocenters. The molecule has 0 amide bonds. The minimum absolute atomic E-state index is 0.152. The minimum atomic E-state index is -0.584. The molecule has 0 heterocycles. The van der Waals surface area contributed by atoms with E-state index in [-0.39, 0.29) is 6.10 Å². The zero-order valence-electron chi connectivity index (χ0n) is 12.2. The smallest absolute Gasteiger partial charge is 0.0945 e. The van der Waals surface area contributed by atoms with E-state index in [9.17, 15) is 5.11 Å². The minimum Gasteiger partial charge on any atom is -0.389 e. The molecule has 1 rings (SSSR count). The Labute approximate surface area is 131 Å². The molecule has 0 aliphatic heterocycles. The molecule has 5 heteroatoms. The number of anilines is 1. The summed E-state index contributed by atoms with van der Waals surface area (Å²) in [6.45, 7) is 7.00. The van der Waals surface area contributed by atoms with E-state index in [4.69, 9.17) is 27.9 Å². The van der Waals surface area contributed by atoms with E-state index in [0.29, 0.717) is 34.8 Å². The summed E-state index contributed by atoms with van der Waals surface area (Å²) in [5.74, 6) is 0.588. The second kappa shape index (κ2) is 8.73. The topological polar surface area (TPSA) is 41.5 Å². The van der Waals surface area contributed by atoms with Crippen LogP contribution in [0, 0.1) is 5.92 Å². The number of aliphatic hydroxyl groups excluding tert-OH is 1. The van der Waals surface area contributed by atoms with Gasteiger partial charge in [0.25, 0.3) is 0 Å². The first-order valence-corrected chi connectivity index (χ1v) is 7.63. The van der Waals surface area contributed by atoms with Gasteiger partial charge in [0.2, 0.25) is 0 Å². The molecule has 0 aliphatic carbocycles. The van der Waals surface area contributed by atoms with E-state index in [1.807, 2.05) is 19.1 Å². The summed E-state index contributed by atoms with van der Waals surface area (Å²) in [5, 5.41) is 13.9. The molecule has 0 saturated carbocycles. The van der Waals surface area contributed by atoms with Gasteiger partial charge in [-0.2, -0.15) is 0 Å². The molecule has 1 aromatic rings. The molecule has 20 heavy (non-hydrogen) atoms. The Balaban J connectivity index is 2.33. The van der Waals surface area contributed by atoms with Gasteiger partial charge in [0.05, 0.1) is 34.5 Å². The molecule has 0 radical (unpaired) electrons. The van der Waals surface area contributed by atoms with Crippen LogP contribution in [0.25, 0.3) is 0 Å². The molecule has 2 unspecified atom stereocenters. The number of benzene rings is 1. The zero-order valence-corrected chi connectivity index (χ0v) is 13.7. The second-order valence-electron chi connectivity index (χ2n) is 5.41. The van der Waals surface area contributed by atoms with Crippen LogP contribution in [0.3, 0.4) is 0 Å². The lowest BCUT2D eigenvalue weighted by atomic mass is 10.1. The van der Waals surface area contributed by atoms with Gasteiger partial charge in [-0.25, -0.2) is 0 Å². The average molecular weight is 320 g/mol. The number of hydrogen-bond acceptors (Lipinski definition) is 3. The van der Waals surface area contributed by atoms with Gasteiger partial charge in [0.1, 0.15) is 0 Å². The van der Waals surface area contributed by atoms with Crippen LogP contribution in [0.15, 0.2) is 18.2 Å². The van der Waals surface area contributed by atoms with Crippen LogP contribution in [0.1, 0.15) is 27.2 Å². The van der Waals surface area contributed by atoms with Crippen molar-refractivity contribution in [3.8, 4) is 0 Å². The van der Waals surface area contributed by atoms with Gasteiger partial charge < -0.3 is 15.2 Å². The van der Waals surface area contributed by atoms with Crippen LogP contribution >= 0.6 is 23.2 Å². The summed E-state index contributed by atoms with van der Waals surface area (Å²) in [6, 6.07) is 5.36. The van der Waals surface area contributed by atoms with Crippen LogP contribution in [-0.4, -0.2) is 30.5 Å². The zero-order chi connectivity index (χ0) is 15.1. The Kier molecular flexibility index (Phi) is 7.67. The van der Waals surface area contributed by atoms with Crippen molar-refractivity contribution in [2.75, 3.05) is 18.5 Å². The van der Waals surface area contributed by atoms with Gasteiger partial charge in [-0.05, 0) is 31.4 Å². The summed E-state index contributed by atoms with van der Waals surface area (Å²) in [5.41, 5.74) is 0.716. The van der Waals surface area contributed by atoms with Crippen molar-refractivity contribution in [1.29, 1.82) is 0 Å². The number of rotatable bonds is 8. The lowest BCUT2D eigenvalue weighted by molar-refractivity contribution is -0.00443. The lowest BCUT2D eigenvalue weighted by Crippen LogP contribution is -2.27. The standard InChI is InChI=1S/C15H23Cl2NO2/c1-10(2)7-11(3)20-9-12(19)8-18-14-6-4-5-13(16)15(14)17/h4-6,10-12,18-19H,7-9H2,1-3H3. The molecule has 0 bridgehead atoms. The van der Waals surface area contributed by atoms with Crippen molar-refractivity contribution in [3.05, 3.63) is 28.2 Å². The van der Waals surface area contributed by atoms with Crippen LogP contribution in [-0.2, 0) is 4.74 Å². The number of aliphatic hydroxyl groups is 1. The molecule has 0 spiro atoms. The van der Waals surface area contributed by atoms with Crippen molar-refractivity contribution >= 4 is 28.9 Å². The average Bonchev–Trinajstić information content (AvgIpc) is 2.37. The maximum Gasteiger partial charge on any atom is 0.0945 e. The van der Waals surface area contributed by atoms with Crippen molar-refractivity contribution in [1.82, 2.24) is 0 Å². The van der Waals surface area contributed by atoms with E-state index in [0.717, 1.165) is 6.42 Å². The van der Waals surface area contributed by atoms with Gasteiger partial charge in [-0.1, -0.05) is 43.1 Å². The Bertz CT molecular complexity index is 413. The van der Waals surface area contributed by atoms with Crippen LogP contribution in [0.5, 0.6) is 0 Å². The maximum atomic E-state index is 9.89. The van der Waals surface area contributed by atoms with Gasteiger partial charge in [0.15, 0.2) is 0 Å². The molecule has 0 fully saturated rings. The van der Waals surface area contributed by atoms with Crippen molar-refractivity contribution in [2.45, 2.75) is 39.4 Å². The predicted octanol–water partition coefficient (Wildman–Crippen LogP) is 4.22. The Morgan fingerprint density at radius 3 is 2.60 bits per heavy atom. The fourth-order valence-electron chi connectivity index (χ4n) is 1.93. The Hall–Kier alpha value is -0.480. The molecular formula is C15H23Cl2NO2. The monoisotopic (exact) mass is 319 g/mol. The van der Waals surface area contributed by atoms with Gasteiger partial charge in [-0.3, -0.25) is 0 Å². The summed E-state index contributed by atoms with van der Waals surface area (Å²) < 4.78 is 5.61. The van der Waals surface area contributed by atoms with E-state index in [2.05, 4.69) is 19.2 Å². The molecule has 0 aliphatic rings. The largest absolute Gasteiger partial charge is 0.389 e. The first kappa shape index (κ1) is 17.6. The van der Waals surface area contributed by atoms with Gasteiger partial charge in [0, 0.05) is 6.54 Å². The molecule has 3 nitrogen and oxygen atoms in total. The van der Waals surface area contributed by atoms with Crippen LogP contribution < -0.4 is 5.32 Å². The third-order valence-electron chi connectivity index (χ3n) is 2.86. The second-order valence-corrected chi connectivity index (χ2v) is 6.19. The highest BCUT2D eigenvalue weighted by molar-refractivity contribution is 6.43. The Morgan fingerprint density at radius 2 is 1.95 bits per heavy atom. The highest BCUT2D eigenvalue weighted by Crippen LogP contribution is 2.29. The summed E-state index contributed by atoms with van der Waals surface area (Å²) in [4.78, 5) is 0. The first-order valence-electron chi connectivity index (χ1n) is 6.87. The predicted molar refractivity (Wildman–Crippen MR) is 85.8 cm³/mol. The van der Waals surface area contributed by atoms with Gasteiger partial charge >= 0.3 is 0 Å². The molecule has 0 saturated heterocycles. The summed E-state index contributed by atoms with van der Waals surface area (Å²) in [6.07, 6.45) is 0.555. The van der Waals surface area contributed by atoms with Crippen molar-refractivity contribution < 1.29 is 9.84 Å².